The number of hydrogen-bond donors (Lipinski definition) is 1. The number of carbonyl (C=O) groups excluding carboxylic acids is 3. The Labute approximate surface area is 240 Å². The fourth-order valence-electron chi connectivity index (χ4n) is 9.65. The summed E-state index contributed by atoms with van der Waals surface area (Å²) in [5.74, 6) is 1.26. The molecular formula is C33H52O7. The third kappa shape index (κ3) is 6.00. The highest BCUT2D eigenvalue weighted by atomic mass is 16.6. The maximum absolute atomic E-state index is 12.2. The fraction of sp³-hybridized carbons (Fsp3) is 0.848. The predicted molar refractivity (Wildman–Crippen MR) is 152 cm³/mol. The molecule has 0 heterocycles. The topological polar surface area (TPSA) is 99.1 Å². The van der Waals surface area contributed by atoms with Crippen molar-refractivity contribution in [2.75, 3.05) is 0 Å². The van der Waals surface area contributed by atoms with Crippen LogP contribution in [0.25, 0.3) is 0 Å². The highest BCUT2D eigenvalue weighted by Gasteiger charge is 2.62. The maximum Gasteiger partial charge on any atom is 0.302 e. The van der Waals surface area contributed by atoms with E-state index in [0.29, 0.717) is 49.4 Å². The molecule has 3 fully saturated rings. The summed E-state index contributed by atoms with van der Waals surface area (Å²) >= 11 is 0. The Hall–Kier alpha value is -1.89. The number of rotatable bonds is 8. The average Bonchev–Trinajstić information content (AvgIpc) is 3.18. The van der Waals surface area contributed by atoms with Crippen molar-refractivity contribution in [3.05, 3.63) is 11.6 Å². The van der Waals surface area contributed by atoms with Crippen molar-refractivity contribution in [1.82, 2.24) is 0 Å². The number of aliphatic hydroxyl groups is 1. The lowest BCUT2D eigenvalue weighted by Crippen LogP contribution is -2.57. The van der Waals surface area contributed by atoms with E-state index in [2.05, 4.69) is 26.8 Å². The zero-order chi connectivity index (χ0) is 29.6. The van der Waals surface area contributed by atoms with E-state index >= 15 is 0 Å². The lowest BCUT2D eigenvalue weighted by Gasteiger charge is -2.60. The quantitative estimate of drug-likeness (QED) is 0.216. The molecule has 0 aromatic rings. The van der Waals surface area contributed by atoms with Crippen LogP contribution in [0.4, 0.5) is 0 Å². The summed E-state index contributed by atoms with van der Waals surface area (Å²) in [6, 6.07) is 0. The van der Waals surface area contributed by atoms with Gasteiger partial charge in [-0.15, -0.1) is 0 Å². The van der Waals surface area contributed by atoms with Crippen molar-refractivity contribution in [3.8, 4) is 0 Å². The lowest BCUT2D eigenvalue weighted by molar-refractivity contribution is -0.172. The summed E-state index contributed by atoms with van der Waals surface area (Å²) in [5.41, 5.74) is 0.364. The van der Waals surface area contributed by atoms with E-state index in [9.17, 15) is 19.5 Å². The second kappa shape index (κ2) is 11.4. The van der Waals surface area contributed by atoms with E-state index in [4.69, 9.17) is 14.2 Å². The van der Waals surface area contributed by atoms with Crippen molar-refractivity contribution < 1.29 is 33.7 Å². The molecule has 0 aromatic carbocycles. The number of allylic oxidation sites excluding steroid dienone is 1. The van der Waals surface area contributed by atoms with E-state index in [-0.39, 0.29) is 53.0 Å². The van der Waals surface area contributed by atoms with Gasteiger partial charge in [0.05, 0.1) is 5.60 Å². The first-order valence-electron chi connectivity index (χ1n) is 15.5. The monoisotopic (exact) mass is 560 g/mol. The van der Waals surface area contributed by atoms with Gasteiger partial charge in [-0.2, -0.15) is 0 Å². The van der Waals surface area contributed by atoms with Crippen LogP contribution in [0, 0.1) is 40.4 Å². The van der Waals surface area contributed by atoms with Gasteiger partial charge in [-0.1, -0.05) is 32.4 Å². The fourth-order valence-corrected chi connectivity index (χ4v) is 9.65. The average molecular weight is 561 g/mol. The first kappa shape index (κ1) is 31.1. The summed E-state index contributed by atoms with van der Waals surface area (Å²) in [4.78, 5) is 36.0. The van der Waals surface area contributed by atoms with Gasteiger partial charge in [0.1, 0.15) is 18.3 Å². The summed E-state index contributed by atoms with van der Waals surface area (Å²) in [7, 11) is 0. The molecule has 0 saturated heterocycles. The Morgan fingerprint density at radius 1 is 1.02 bits per heavy atom. The first-order chi connectivity index (χ1) is 18.6. The molecule has 4 aliphatic rings. The molecule has 4 aliphatic carbocycles. The lowest BCUT2D eigenvalue weighted by atomic mass is 9.46. The Bertz CT molecular complexity index is 1010. The van der Waals surface area contributed by atoms with E-state index in [0.717, 1.165) is 32.1 Å². The van der Waals surface area contributed by atoms with Crippen LogP contribution in [0.1, 0.15) is 113 Å². The number of hydrogen-bond acceptors (Lipinski definition) is 7. The van der Waals surface area contributed by atoms with Crippen LogP contribution in [-0.2, 0) is 28.6 Å². The molecule has 4 rings (SSSR count). The van der Waals surface area contributed by atoms with Crippen LogP contribution < -0.4 is 0 Å². The van der Waals surface area contributed by atoms with Crippen molar-refractivity contribution in [1.29, 1.82) is 0 Å². The SMILES string of the molecule is CC(=O)O[C@@H]1CC2=CC[C@H]3[C@@H]4CC[C@H]([C@H](C)[C@H](CCC(C)(C)O)OC(C)=O)[C@@]4(C)CC[C@@H]3[C@@]2(C)[C@@H](OC(C)=O)C1. The van der Waals surface area contributed by atoms with Crippen molar-refractivity contribution in [2.24, 2.45) is 40.4 Å². The third-order valence-corrected chi connectivity index (χ3v) is 11.4. The van der Waals surface area contributed by atoms with Crippen molar-refractivity contribution in [3.63, 3.8) is 0 Å². The van der Waals surface area contributed by atoms with Gasteiger partial charge in [0.2, 0.25) is 0 Å². The molecular weight excluding hydrogens is 508 g/mol. The van der Waals surface area contributed by atoms with Gasteiger partial charge in [-0.05, 0) is 93.8 Å². The third-order valence-electron chi connectivity index (χ3n) is 11.4. The van der Waals surface area contributed by atoms with Gasteiger partial charge in [0, 0.05) is 39.0 Å². The van der Waals surface area contributed by atoms with Gasteiger partial charge < -0.3 is 19.3 Å². The van der Waals surface area contributed by atoms with Gasteiger partial charge in [0.25, 0.3) is 0 Å². The number of fused-ring (bicyclic) bond motifs is 5. The van der Waals surface area contributed by atoms with Crippen molar-refractivity contribution >= 4 is 17.9 Å². The Balaban J connectivity index is 1.59. The zero-order valence-corrected chi connectivity index (χ0v) is 26.0. The minimum atomic E-state index is -0.799. The standard InChI is InChI=1S/C33H52O7/c1-19(29(39-21(3)35)14-15-31(5,6)37)26-11-12-27-25-10-9-23-17-24(38-20(2)34)18-30(40-22(4)36)33(23,8)28(25)13-16-32(26,27)7/h9,19,24-30,37H,10-18H2,1-8H3/t19-,24+,25-,26+,27-,28-,29-,30-,32+,33-/m0/s1. The van der Waals surface area contributed by atoms with Crippen molar-refractivity contribution in [2.45, 2.75) is 137 Å². The van der Waals surface area contributed by atoms with Crippen LogP contribution >= 0.6 is 0 Å². The molecule has 0 aromatic heterocycles. The Kier molecular flexibility index (Phi) is 8.86. The first-order valence-corrected chi connectivity index (χ1v) is 15.5. The molecule has 0 radical (unpaired) electrons. The Morgan fingerprint density at radius 3 is 2.30 bits per heavy atom. The zero-order valence-electron chi connectivity index (χ0n) is 26.0. The summed E-state index contributed by atoms with van der Waals surface area (Å²) in [5, 5.41) is 10.4. The van der Waals surface area contributed by atoms with Crippen LogP contribution in [0.2, 0.25) is 0 Å². The largest absolute Gasteiger partial charge is 0.462 e. The smallest absolute Gasteiger partial charge is 0.302 e. The summed E-state index contributed by atoms with van der Waals surface area (Å²) in [6.45, 7) is 15.0. The second-order valence-electron chi connectivity index (χ2n) is 14.5. The van der Waals surface area contributed by atoms with Gasteiger partial charge in [-0.3, -0.25) is 14.4 Å². The predicted octanol–water partition coefficient (Wildman–Crippen LogP) is 6.16. The molecule has 226 valence electrons. The highest BCUT2D eigenvalue weighted by Crippen LogP contribution is 2.67. The molecule has 3 saturated carbocycles. The minimum absolute atomic E-state index is 0.140. The Morgan fingerprint density at radius 2 is 1.70 bits per heavy atom. The molecule has 40 heavy (non-hydrogen) atoms. The molecule has 0 bridgehead atoms. The molecule has 0 amide bonds. The summed E-state index contributed by atoms with van der Waals surface area (Å²) in [6.07, 6.45) is 9.53. The molecule has 1 N–H and O–H groups in total. The van der Waals surface area contributed by atoms with Crippen LogP contribution in [0.3, 0.4) is 0 Å². The van der Waals surface area contributed by atoms with E-state index < -0.39 is 5.60 Å². The van der Waals surface area contributed by atoms with E-state index in [1.165, 1.54) is 26.3 Å². The van der Waals surface area contributed by atoms with E-state index in [1.807, 2.05) is 13.8 Å². The van der Waals surface area contributed by atoms with Crippen LogP contribution in [0.5, 0.6) is 0 Å². The number of carbonyl (C=O) groups is 3. The molecule has 0 unspecified atom stereocenters. The molecule has 0 spiro atoms. The number of ether oxygens (including phenoxy) is 3. The molecule has 0 aliphatic heterocycles. The molecule has 7 heteroatoms. The second-order valence-corrected chi connectivity index (χ2v) is 14.5. The van der Waals surface area contributed by atoms with Gasteiger partial charge >= 0.3 is 17.9 Å². The number of esters is 3. The maximum atomic E-state index is 12.2. The normalized spacial score (nSPS) is 38.6. The molecule has 7 nitrogen and oxygen atoms in total. The molecule has 10 atom stereocenters. The van der Waals surface area contributed by atoms with Gasteiger partial charge in [0.15, 0.2) is 0 Å². The highest BCUT2D eigenvalue weighted by molar-refractivity contribution is 5.67. The summed E-state index contributed by atoms with van der Waals surface area (Å²) < 4.78 is 17.5. The van der Waals surface area contributed by atoms with Crippen LogP contribution in [-0.4, -0.2) is 46.9 Å². The van der Waals surface area contributed by atoms with Gasteiger partial charge in [-0.25, -0.2) is 0 Å². The minimum Gasteiger partial charge on any atom is -0.462 e. The van der Waals surface area contributed by atoms with E-state index in [1.54, 1.807) is 0 Å². The van der Waals surface area contributed by atoms with Crippen LogP contribution in [0.15, 0.2) is 11.6 Å².